The van der Waals surface area contributed by atoms with Crippen LogP contribution >= 0.6 is 0 Å². The normalized spacial score (nSPS) is 17.4. The highest BCUT2D eigenvalue weighted by molar-refractivity contribution is 5.95. The summed E-state index contributed by atoms with van der Waals surface area (Å²) in [7, 11) is 0. The van der Waals surface area contributed by atoms with E-state index < -0.39 is 0 Å². The molecule has 2 aliphatic heterocycles. The van der Waals surface area contributed by atoms with Gasteiger partial charge in [0.25, 0.3) is 5.91 Å². The van der Waals surface area contributed by atoms with Crippen LogP contribution in [0.15, 0.2) is 48.5 Å². The van der Waals surface area contributed by atoms with E-state index >= 15 is 0 Å². The van der Waals surface area contributed by atoms with Gasteiger partial charge in [-0.05, 0) is 48.9 Å². The molecule has 130 valence electrons. The summed E-state index contributed by atoms with van der Waals surface area (Å²) in [5.74, 6) is 2.15. The number of amides is 1. The van der Waals surface area contributed by atoms with E-state index in [2.05, 4.69) is 30.3 Å². The average Bonchev–Trinajstić information content (AvgIpc) is 2.68. The molecular formula is C21H23NO3. The largest absolute Gasteiger partial charge is 0.486 e. The number of nitrogens with zero attached hydrogens (tertiary/aromatic N) is 1. The lowest BCUT2D eigenvalue weighted by atomic mass is 9.90. The van der Waals surface area contributed by atoms with Gasteiger partial charge in [-0.1, -0.05) is 30.3 Å². The van der Waals surface area contributed by atoms with Crippen molar-refractivity contribution in [2.45, 2.75) is 19.3 Å². The smallest absolute Gasteiger partial charge is 0.253 e. The SMILES string of the molecule is O=C(c1ccc2c(c1)OCCO2)N1CCC(Cc2ccccc2)CC1. The van der Waals surface area contributed by atoms with Gasteiger partial charge in [0, 0.05) is 18.7 Å². The summed E-state index contributed by atoms with van der Waals surface area (Å²) in [6, 6.07) is 16.1. The second-order valence-electron chi connectivity index (χ2n) is 6.78. The molecule has 25 heavy (non-hydrogen) atoms. The highest BCUT2D eigenvalue weighted by atomic mass is 16.6. The van der Waals surface area contributed by atoms with Crippen LogP contribution in [0, 0.1) is 5.92 Å². The Labute approximate surface area is 148 Å². The van der Waals surface area contributed by atoms with E-state index in [0.717, 1.165) is 38.1 Å². The summed E-state index contributed by atoms with van der Waals surface area (Å²) in [5, 5.41) is 0. The summed E-state index contributed by atoms with van der Waals surface area (Å²) in [6.07, 6.45) is 3.23. The lowest BCUT2D eigenvalue weighted by Crippen LogP contribution is -2.39. The third-order valence-electron chi connectivity index (χ3n) is 5.06. The zero-order chi connectivity index (χ0) is 17.1. The van der Waals surface area contributed by atoms with Crippen LogP contribution in [0.3, 0.4) is 0 Å². The molecule has 0 saturated carbocycles. The number of ether oxygens (including phenoxy) is 2. The molecule has 4 nitrogen and oxygen atoms in total. The number of carbonyl (C=O) groups excluding carboxylic acids is 1. The Hall–Kier alpha value is -2.49. The number of benzene rings is 2. The predicted octanol–water partition coefficient (Wildman–Crippen LogP) is 3.55. The maximum absolute atomic E-state index is 12.8. The van der Waals surface area contributed by atoms with Crippen molar-refractivity contribution >= 4 is 5.91 Å². The molecule has 2 aromatic carbocycles. The molecule has 0 spiro atoms. The van der Waals surface area contributed by atoms with Crippen LogP contribution in [0.4, 0.5) is 0 Å². The molecule has 1 saturated heterocycles. The van der Waals surface area contributed by atoms with Gasteiger partial charge >= 0.3 is 0 Å². The van der Waals surface area contributed by atoms with Crippen LogP contribution in [-0.4, -0.2) is 37.1 Å². The van der Waals surface area contributed by atoms with Gasteiger partial charge in [0.05, 0.1) is 0 Å². The molecule has 4 heteroatoms. The molecule has 1 fully saturated rings. The Morgan fingerprint density at radius 3 is 2.44 bits per heavy atom. The first-order valence-corrected chi connectivity index (χ1v) is 9.02. The van der Waals surface area contributed by atoms with E-state index in [1.165, 1.54) is 5.56 Å². The second-order valence-corrected chi connectivity index (χ2v) is 6.78. The third kappa shape index (κ3) is 3.63. The Bertz CT molecular complexity index is 736. The fourth-order valence-corrected chi connectivity index (χ4v) is 3.65. The van der Waals surface area contributed by atoms with Gasteiger partial charge in [-0.2, -0.15) is 0 Å². The predicted molar refractivity (Wildman–Crippen MR) is 96.2 cm³/mol. The van der Waals surface area contributed by atoms with E-state index in [1.54, 1.807) is 0 Å². The first kappa shape index (κ1) is 16.0. The van der Waals surface area contributed by atoms with Gasteiger partial charge in [0.15, 0.2) is 11.5 Å². The Balaban J connectivity index is 1.36. The maximum Gasteiger partial charge on any atom is 0.253 e. The van der Waals surface area contributed by atoms with Crippen LogP contribution in [-0.2, 0) is 6.42 Å². The summed E-state index contributed by atoms with van der Waals surface area (Å²) in [6.45, 7) is 2.75. The van der Waals surface area contributed by atoms with E-state index in [0.29, 0.717) is 30.4 Å². The minimum atomic E-state index is 0.0927. The summed E-state index contributed by atoms with van der Waals surface area (Å²) >= 11 is 0. The zero-order valence-corrected chi connectivity index (χ0v) is 14.3. The van der Waals surface area contributed by atoms with Crippen molar-refractivity contribution in [3.8, 4) is 11.5 Å². The van der Waals surface area contributed by atoms with Crippen LogP contribution in [0.1, 0.15) is 28.8 Å². The monoisotopic (exact) mass is 337 g/mol. The number of fused-ring (bicyclic) bond motifs is 1. The summed E-state index contributed by atoms with van der Waals surface area (Å²) in [4.78, 5) is 14.7. The van der Waals surface area contributed by atoms with Gasteiger partial charge in [-0.3, -0.25) is 4.79 Å². The molecule has 2 aromatic rings. The molecule has 0 bridgehead atoms. The first-order chi connectivity index (χ1) is 12.3. The fraction of sp³-hybridized carbons (Fsp3) is 0.381. The van der Waals surface area contributed by atoms with Crippen molar-refractivity contribution in [3.05, 3.63) is 59.7 Å². The molecule has 0 aromatic heterocycles. The number of carbonyl (C=O) groups is 1. The van der Waals surface area contributed by atoms with Crippen LogP contribution in [0.25, 0.3) is 0 Å². The van der Waals surface area contributed by atoms with Crippen molar-refractivity contribution in [2.75, 3.05) is 26.3 Å². The molecule has 0 atom stereocenters. The molecule has 1 amide bonds. The van der Waals surface area contributed by atoms with Gasteiger partial charge in [0.1, 0.15) is 13.2 Å². The first-order valence-electron chi connectivity index (χ1n) is 9.02. The molecule has 0 radical (unpaired) electrons. The topological polar surface area (TPSA) is 38.8 Å². The summed E-state index contributed by atoms with van der Waals surface area (Å²) in [5.41, 5.74) is 2.07. The number of hydrogen-bond acceptors (Lipinski definition) is 3. The standard InChI is InChI=1S/C21H23NO3/c23-21(18-6-7-19-20(15-18)25-13-12-24-19)22-10-8-17(9-11-22)14-16-4-2-1-3-5-16/h1-7,15,17H,8-14H2. The van der Waals surface area contributed by atoms with E-state index in [9.17, 15) is 4.79 Å². The van der Waals surface area contributed by atoms with Crippen LogP contribution < -0.4 is 9.47 Å². The van der Waals surface area contributed by atoms with Gasteiger partial charge in [-0.25, -0.2) is 0 Å². The van der Waals surface area contributed by atoms with E-state index in [-0.39, 0.29) is 5.91 Å². The molecular weight excluding hydrogens is 314 g/mol. The van der Waals surface area contributed by atoms with E-state index in [4.69, 9.17) is 9.47 Å². The molecule has 0 N–H and O–H groups in total. The van der Waals surface area contributed by atoms with Crippen molar-refractivity contribution in [3.63, 3.8) is 0 Å². The van der Waals surface area contributed by atoms with Crippen molar-refractivity contribution in [2.24, 2.45) is 5.92 Å². The second kappa shape index (κ2) is 7.18. The molecule has 2 aliphatic rings. The van der Waals surface area contributed by atoms with Crippen LogP contribution in [0.2, 0.25) is 0 Å². The third-order valence-corrected chi connectivity index (χ3v) is 5.06. The van der Waals surface area contributed by atoms with Gasteiger partial charge < -0.3 is 14.4 Å². The molecule has 4 rings (SSSR count). The van der Waals surface area contributed by atoms with Crippen LogP contribution in [0.5, 0.6) is 11.5 Å². The van der Waals surface area contributed by atoms with Gasteiger partial charge in [-0.15, -0.1) is 0 Å². The lowest BCUT2D eigenvalue weighted by Gasteiger charge is -2.32. The number of rotatable bonds is 3. The van der Waals surface area contributed by atoms with Gasteiger partial charge in [0.2, 0.25) is 0 Å². The number of likely N-dealkylation sites (tertiary alicyclic amines) is 1. The lowest BCUT2D eigenvalue weighted by molar-refractivity contribution is 0.0689. The molecule has 0 unspecified atom stereocenters. The highest BCUT2D eigenvalue weighted by Gasteiger charge is 2.25. The average molecular weight is 337 g/mol. The van der Waals surface area contributed by atoms with Crippen molar-refractivity contribution in [1.82, 2.24) is 4.90 Å². The highest BCUT2D eigenvalue weighted by Crippen LogP contribution is 2.31. The summed E-state index contributed by atoms with van der Waals surface area (Å²) < 4.78 is 11.1. The quantitative estimate of drug-likeness (QED) is 0.860. The maximum atomic E-state index is 12.8. The fourth-order valence-electron chi connectivity index (χ4n) is 3.65. The minimum Gasteiger partial charge on any atom is -0.486 e. The Morgan fingerprint density at radius 1 is 0.960 bits per heavy atom. The van der Waals surface area contributed by atoms with E-state index in [1.807, 2.05) is 23.1 Å². The molecule has 0 aliphatic carbocycles. The number of piperidine rings is 1. The van der Waals surface area contributed by atoms with Crippen molar-refractivity contribution < 1.29 is 14.3 Å². The molecule has 2 heterocycles. The minimum absolute atomic E-state index is 0.0927. The number of hydrogen-bond donors (Lipinski definition) is 0. The Kier molecular flexibility index (Phi) is 4.59. The Morgan fingerprint density at radius 2 is 1.68 bits per heavy atom. The zero-order valence-electron chi connectivity index (χ0n) is 14.3. The van der Waals surface area contributed by atoms with Crippen molar-refractivity contribution in [1.29, 1.82) is 0 Å².